The zero-order chi connectivity index (χ0) is 21.0. The van der Waals surface area contributed by atoms with Gasteiger partial charge in [0.2, 0.25) is 5.91 Å². The highest BCUT2D eigenvalue weighted by Crippen LogP contribution is 2.42. The number of fused-ring (bicyclic) bond motifs is 4. The highest BCUT2D eigenvalue weighted by molar-refractivity contribution is 9.10. The van der Waals surface area contributed by atoms with Crippen molar-refractivity contribution in [3.8, 4) is 0 Å². The number of nitrogens with one attached hydrogen (secondary N) is 1. The van der Waals surface area contributed by atoms with Crippen LogP contribution in [0.2, 0.25) is 0 Å². The first kappa shape index (κ1) is 19.1. The van der Waals surface area contributed by atoms with Crippen molar-refractivity contribution in [3.63, 3.8) is 0 Å². The maximum Gasteiger partial charge on any atom is 0.266 e. The summed E-state index contributed by atoms with van der Waals surface area (Å²) in [5.41, 5.74) is 3.39. The van der Waals surface area contributed by atoms with Crippen LogP contribution in [0.25, 0.3) is 10.9 Å². The number of amides is 2. The number of rotatable bonds is 2. The molecule has 0 aliphatic carbocycles. The van der Waals surface area contributed by atoms with Gasteiger partial charge in [-0.3, -0.25) is 9.59 Å². The maximum absolute atomic E-state index is 13.3. The first-order valence-corrected chi connectivity index (χ1v) is 10.7. The molecule has 1 N–H and O–H groups in total. The minimum Gasteiger partial charge on any atom is -0.356 e. The van der Waals surface area contributed by atoms with Crippen LogP contribution < -0.4 is 0 Å². The van der Waals surface area contributed by atoms with Gasteiger partial charge in [-0.2, -0.15) is 5.10 Å². The molecule has 0 spiro atoms. The molecule has 0 unspecified atom stereocenters. The van der Waals surface area contributed by atoms with Crippen molar-refractivity contribution in [1.29, 1.82) is 0 Å². The maximum atomic E-state index is 13.3. The summed E-state index contributed by atoms with van der Waals surface area (Å²) in [6, 6.07) is 15.2. The molecular formula is C23H21BrN4O2. The van der Waals surface area contributed by atoms with E-state index in [0.717, 1.165) is 32.2 Å². The first-order valence-electron chi connectivity index (χ1n) is 9.89. The number of para-hydroxylation sites is 1. The van der Waals surface area contributed by atoms with Gasteiger partial charge in [-0.25, -0.2) is 5.01 Å². The third-order valence-corrected chi connectivity index (χ3v) is 6.52. The molecule has 2 aliphatic heterocycles. The smallest absolute Gasteiger partial charge is 0.266 e. The Hall–Kier alpha value is -2.93. The summed E-state index contributed by atoms with van der Waals surface area (Å²) >= 11 is 3.43. The van der Waals surface area contributed by atoms with E-state index in [1.54, 1.807) is 11.1 Å². The normalized spacial score (nSPS) is 20.7. The topological polar surface area (TPSA) is 68.8 Å². The number of H-pyrrole nitrogens is 1. The van der Waals surface area contributed by atoms with Gasteiger partial charge in [-0.15, -0.1) is 0 Å². The molecule has 0 bridgehead atoms. The summed E-state index contributed by atoms with van der Waals surface area (Å²) in [6.07, 6.45) is 2.10. The molecule has 1 fully saturated rings. The summed E-state index contributed by atoms with van der Waals surface area (Å²) in [5.74, 6) is -0.245. The highest BCUT2D eigenvalue weighted by atomic mass is 79.9. The lowest BCUT2D eigenvalue weighted by Crippen LogP contribution is -2.66. The molecule has 152 valence electrons. The number of nitrogens with zero attached hydrogens (tertiary/aromatic N) is 3. The number of aromatic nitrogens is 1. The second-order valence-electron chi connectivity index (χ2n) is 8.26. The number of hydrogen-bond donors (Lipinski definition) is 1. The van der Waals surface area contributed by atoms with E-state index in [1.165, 1.54) is 5.01 Å². The molecule has 3 heterocycles. The average Bonchev–Trinajstić information content (AvgIpc) is 3.09. The van der Waals surface area contributed by atoms with Crippen molar-refractivity contribution in [2.45, 2.75) is 31.8 Å². The van der Waals surface area contributed by atoms with Crippen molar-refractivity contribution >= 4 is 44.9 Å². The predicted octanol–water partition coefficient (Wildman–Crippen LogP) is 3.80. The fraction of sp³-hybridized carbons (Fsp3) is 0.261. The number of aromatic amines is 1. The Bertz CT molecular complexity index is 1210. The van der Waals surface area contributed by atoms with Crippen LogP contribution in [-0.2, 0) is 21.5 Å². The minimum absolute atomic E-state index is 0.0567. The largest absolute Gasteiger partial charge is 0.356 e. The monoisotopic (exact) mass is 464 g/mol. The minimum atomic E-state index is -0.607. The molecule has 0 radical (unpaired) electrons. The Morgan fingerprint density at radius 3 is 2.77 bits per heavy atom. The lowest BCUT2D eigenvalue weighted by molar-refractivity contribution is -0.163. The Kier molecular flexibility index (Phi) is 4.32. The van der Waals surface area contributed by atoms with Gasteiger partial charge < -0.3 is 9.88 Å². The molecule has 2 amide bonds. The summed E-state index contributed by atoms with van der Waals surface area (Å²) in [5, 5.41) is 6.77. The molecule has 6 nitrogen and oxygen atoms in total. The van der Waals surface area contributed by atoms with Crippen molar-refractivity contribution in [3.05, 3.63) is 69.8 Å². The van der Waals surface area contributed by atoms with Gasteiger partial charge >= 0.3 is 0 Å². The lowest BCUT2D eigenvalue weighted by Gasteiger charge is -2.50. The Labute approximate surface area is 182 Å². The summed E-state index contributed by atoms with van der Waals surface area (Å²) < 4.78 is 0.930. The summed E-state index contributed by atoms with van der Waals surface area (Å²) in [4.78, 5) is 31.7. The van der Waals surface area contributed by atoms with Crippen LogP contribution in [0.3, 0.4) is 0 Å². The van der Waals surface area contributed by atoms with Crippen LogP contribution in [-0.4, -0.2) is 45.5 Å². The zero-order valence-corrected chi connectivity index (χ0v) is 18.3. The van der Waals surface area contributed by atoms with Crippen molar-refractivity contribution in [1.82, 2.24) is 14.9 Å². The SMILES string of the molecule is CC1(C)c2[nH]c3ccccc3c2C[C@H]2C(=O)N(/N=C\c3cccc(Br)c3)CC(=O)N21. The number of piperazine rings is 1. The van der Waals surface area contributed by atoms with Crippen LogP contribution in [0.5, 0.6) is 0 Å². The van der Waals surface area contributed by atoms with E-state index < -0.39 is 11.6 Å². The van der Waals surface area contributed by atoms with Gasteiger partial charge in [0.25, 0.3) is 5.91 Å². The first-order chi connectivity index (χ1) is 14.4. The molecule has 1 saturated heterocycles. The van der Waals surface area contributed by atoms with Gasteiger partial charge in [-0.1, -0.05) is 46.3 Å². The third-order valence-electron chi connectivity index (χ3n) is 6.02. The number of hydrogen-bond acceptors (Lipinski definition) is 3. The predicted molar refractivity (Wildman–Crippen MR) is 119 cm³/mol. The second-order valence-corrected chi connectivity index (χ2v) is 9.18. The van der Waals surface area contributed by atoms with Gasteiger partial charge in [0.1, 0.15) is 12.6 Å². The quantitative estimate of drug-likeness (QED) is 0.586. The van der Waals surface area contributed by atoms with Crippen molar-refractivity contribution in [2.24, 2.45) is 5.10 Å². The number of hydrazone groups is 1. The fourth-order valence-electron chi connectivity index (χ4n) is 4.69. The van der Waals surface area contributed by atoms with E-state index in [-0.39, 0.29) is 18.4 Å². The van der Waals surface area contributed by atoms with Gasteiger partial charge in [0.05, 0.1) is 11.8 Å². The molecule has 0 saturated carbocycles. The summed E-state index contributed by atoms with van der Waals surface area (Å²) in [7, 11) is 0. The molecule has 1 aromatic heterocycles. The van der Waals surface area contributed by atoms with Crippen molar-refractivity contribution < 1.29 is 9.59 Å². The van der Waals surface area contributed by atoms with Crippen LogP contribution in [0.1, 0.15) is 30.7 Å². The second kappa shape index (κ2) is 6.80. The molecule has 2 aromatic carbocycles. The fourth-order valence-corrected chi connectivity index (χ4v) is 5.10. The van der Waals surface area contributed by atoms with E-state index in [9.17, 15) is 9.59 Å². The van der Waals surface area contributed by atoms with Gasteiger partial charge in [0, 0.05) is 27.5 Å². The number of carbonyl (C=O) groups is 2. The molecule has 30 heavy (non-hydrogen) atoms. The third kappa shape index (κ3) is 2.88. The van der Waals surface area contributed by atoms with Gasteiger partial charge in [0.15, 0.2) is 0 Å². The van der Waals surface area contributed by atoms with E-state index in [2.05, 4.69) is 32.1 Å². The number of carbonyl (C=O) groups excluding carboxylic acids is 2. The lowest BCUT2D eigenvalue weighted by atomic mass is 9.82. The van der Waals surface area contributed by atoms with Crippen LogP contribution in [0.15, 0.2) is 58.1 Å². The van der Waals surface area contributed by atoms with Crippen molar-refractivity contribution in [2.75, 3.05) is 6.54 Å². The Morgan fingerprint density at radius 2 is 1.97 bits per heavy atom. The summed E-state index contributed by atoms with van der Waals surface area (Å²) in [6.45, 7) is 3.94. The van der Waals surface area contributed by atoms with E-state index in [4.69, 9.17) is 0 Å². The molecular weight excluding hydrogens is 444 g/mol. The Balaban J connectivity index is 1.52. The molecule has 1 atom stereocenters. The highest BCUT2D eigenvalue weighted by Gasteiger charge is 2.51. The van der Waals surface area contributed by atoms with Crippen LogP contribution >= 0.6 is 15.9 Å². The standard InChI is InChI=1S/C23H21BrN4O2/c1-23(2)21-17(16-8-3-4-9-18(16)26-21)11-19-22(30)27(13-20(29)28(19)23)25-12-14-6-5-7-15(24)10-14/h3-10,12,19,26H,11,13H2,1-2H3/b25-12-/t19-/m0/s1. The van der Waals surface area contributed by atoms with Gasteiger partial charge in [-0.05, 0) is 43.2 Å². The molecule has 2 aliphatic rings. The Morgan fingerprint density at radius 1 is 1.17 bits per heavy atom. The van der Waals surface area contributed by atoms with Crippen LogP contribution in [0.4, 0.5) is 0 Å². The molecule has 7 heteroatoms. The zero-order valence-electron chi connectivity index (χ0n) is 16.7. The average molecular weight is 465 g/mol. The van der Waals surface area contributed by atoms with E-state index >= 15 is 0 Å². The number of halogens is 1. The molecule has 3 aromatic rings. The molecule has 5 rings (SSSR count). The van der Waals surface area contributed by atoms with E-state index in [0.29, 0.717) is 6.42 Å². The van der Waals surface area contributed by atoms with E-state index in [1.807, 2.05) is 56.3 Å². The number of benzene rings is 2. The van der Waals surface area contributed by atoms with Crippen LogP contribution in [0, 0.1) is 0 Å².